The van der Waals surface area contributed by atoms with Crippen molar-refractivity contribution in [1.29, 1.82) is 0 Å². The Bertz CT molecular complexity index is 503. The van der Waals surface area contributed by atoms with Crippen LogP contribution in [0.5, 0.6) is 0 Å². The van der Waals surface area contributed by atoms with Crippen LogP contribution < -0.4 is 16.4 Å². The number of halogens is 2. The van der Waals surface area contributed by atoms with E-state index >= 15 is 0 Å². The van der Waals surface area contributed by atoms with Crippen molar-refractivity contribution in [2.24, 2.45) is 5.73 Å². The first kappa shape index (κ1) is 17.3. The molecular weight excluding hydrogens is 300 g/mol. The molecule has 1 amide bonds. The van der Waals surface area contributed by atoms with Gasteiger partial charge in [-0.3, -0.25) is 4.79 Å². The van der Waals surface area contributed by atoms with E-state index in [0.717, 1.165) is 12.1 Å². The summed E-state index contributed by atoms with van der Waals surface area (Å²) in [6.07, 6.45) is 0.0830. The zero-order valence-corrected chi connectivity index (χ0v) is 12.4. The third kappa shape index (κ3) is 5.60. The van der Waals surface area contributed by atoms with Gasteiger partial charge < -0.3 is 21.1 Å². The number of methoxy groups -OCH3 is 1. The molecule has 0 saturated carbocycles. The number of hydrogen-bond donors (Lipinski definition) is 3. The van der Waals surface area contributed by atoms with Crippen molar-refractivity contribution < 1.29 is 18.3 Å². The quantitative estimate of drug-likeness (QED) is 0.495. The number of nitrogens with one attached hydrogen (secondary N) is 2. The van der Waals surface area contributed by atoms with Crippen molar-refractivity contribution >= 4 is 28.8 Å². The summed E-state index contributed by atoms with van der Waals surface area (Å²) in [6, 6.07) is 2.10. The Balaban J connectivity index is 2.52. The third-order valence-corrected chi connectivity index (χ3v) is 2.84. The van der Waals surface area contributed by atoms with Crippen LogP contribution in [-0.2, 0) is 9.53 Å². The first-order valence-corrected chi connectivity index (χ1v) is 6.65. The van der Waals surface area contributed by atoms with Gasteiger partial charge in [-0.05, 0) is 12.1 Å². The number of thiocarbonyl (C=S) groups is 1. The summed E-state index contributed by atoms with van der Waals surface area (Å²) in [4.78, 5) is 11.3. The highest BCUT2D eigenvalue weighted by molar-refractivity contribution is 7.80. The SMILES string of the molecule is COCCNC(=O)CCNc1c(F)cc(C(N)=S)cc1F. The van der Waals surface area contributed by atoms with Gasteiger partial charge in [-0.15, -0.1) is 0 Å². The number of benzene rings is 1. The molecule has 0 aliphatic heterocycles. The molecular formula is C13H17F2N3O2S. The van der Waals surface area contributed by atoms with Gasteiger partial charge in [0.15, 0.2) is 0 Å². The molecule has 0 aliphatic rings. The zero-order chi connectivity index (χ0) is 15.8. The second-order valence-electron chi connectivity index (χ2n) is 4.20. The van der Waals surface area contributed by atoms with Crippen molar-refractivity contribution in [2.75, 3.05) is 32.1 Å². The van der Waals surface area contributed by atoms with E-state index in [9.17, 15) is 13.6 Å². The Kier molecular flexibility index (Phi) is 6.97. The predicted molar refractivity (Wildman–Crippen MR) is 80.2 cm³/mol. The number of nitrogens with two attached hydrogens (primary N) is 1. The second kappa shape index (κ2) is 8.48. The summed E-state index contributed by atoms with van der Waals surface area (Å²) >= 11 is 4.66. The molecule has 0 radical (unpaired) electrons. The normalized spacial score (nSPS) is 10.2. The monoisotopic (exact) mass is 317 g/mol. The van der Waals surface area contributed by atoms with Crippen LogP contribution in [-0.4, -0.2) is 37.7 Å². The molecule has 0 aromatic heterocycles. The van der Waals surface area contributed by atoms with Crippen molar-refractivity contribution in [1.82, 2.24) is 5.32 Å². The van der Waals surface area contributed by atoms with Crippen molar-refractivity contribution in [3.63, 3.8) is 0 Å². The van der Waals surface area contributed by atoms with Crippen LogP contribution >= 0.6 is 12.2 Å². The van der Waals surface area contributed by atoms with E-state index in [1.807, 2.05) is 0 Å². The Hall–Kier alpha value is -1.80. The molecule has 0 unspecified atom stereocenters. The van der Waals surface area contributed by atoms with Crippen LogP contribution in [0.1, 0.15) is 12.0 Å². The molecule has 0 saturated heterocycles. The Morgan fingerprint density at radius 1 is 1.33 bits per heavy atom. The summed E-state index contributed by atoms with van der Waals surface area (Å²) in [5.74, 6) is -1.85. The van der Waals surface area contributed by atoms with Gasteiger partial charge in [-0.2, -0.15) is 0 Å². The van der Waals surface area contributed by atoms with E-state index in [1.54, 1.807) is 0 Å². The van der Waals surface area contributed by atoms with E-state index in [1.165, 1.54) is 7.11 Å². The summed E-state index contributed by atoms with van der Waals surface area (Å²) in [6.45, 7) is 0.892. The van der Waals surface area contributed by atoms with Crippen LogP contribution in [0.3, 0.4) is 0 Å². The lowest BCUT2D eigenvalue weighted by atomic mass is 10.2. The van der Waals surface area contributed by atoms with Gasteiger partial charge in [0.05, 0.1) is 6.61 Å². The fourth-order valence-electron chi connectivity index (χ4n) is 1.57. The van der Waals surface area contributed by atoms with Crippen molar-refractivity contribution in [3.8, 4) is 0 Å². The van der Waals surface area contributed by atoms with Gasteiger partial charge in [-0.1, -0.05) is 12.2 Å². The number of carbonyl (C=O) groups is 1. The molecule has 4 N–H and O–H groups in total. The molecule has 1 aromatic rings. The summed E-state index contributed by atoms with van der Waals surface area (Å²) in [5, 5.41) is 5.14. The number of rotatable bonds is 8. The lowest BCUT2D eigenvalue weighted by molar-refractivity contribution is -0.121. The third-order valence-electron chi connectivity index (χ3n) is 2.61. The fourth-order valence-corrected chi connectivity index (χ4v) is 1.68. The zero-order valence-electron chi connectivity index (χ0n) is 11.5. The van der Waals surface area contributed by atoms with Gasteiger partial charge in [-0.25, -0.2) is 8.78 Å². The summed E-state index contributed by atoms with van der Waals surface area (Å²) in [7, 11) is 1.52. The summed E-state index contributed by atoms with van der Waals surface area (Å²) in [5.41, 5.74) is 5.12. The molecule has 21 heavy (non-hydrogen) atoms. The lowest BCUT2D eigenvalue weighted by Crippen LogP contribution is -2.28. The van der Waals surface area contributed by atoms with Gasteiger partial charge in [0.25, 0.3) is 0 Å². The van der Waals surface area contributed by atoms with E-state index in [-0.39, 0.29) is 35.1 Å². The molecule has 5 nitrogen and oxygen atoms in total. The van der Waals surface area contributed by atoms with E-state index in [0.29, 0.717) is 13.2 Å². The van der Waals surface area contributed by atoms with Crippen molar-refractivity contribution in [3.05, 3.63) is 29.3 Å². The smallest absolute Gasteiger partial charge is 0.221 e. The van der Waals surface area contributed by atoms with Gasteiger partial charge in [0, 0.05) is 32.2 Å². The van der Waals surface area contributed by atoms with Crippen LogP contribution in [0.4, 0.5) is 14.5 Å². The average molecular weight is 317 g/mol. The molecule has 0 aliphatic carbocycles. The first-order valence-electron chi connectivity index (χ1n) is 6.24. The van der Waals surface area contributed by atoms with Gasteiger partial charge >= 0.3 is 0 Å². The molecule has 0 spiro atoms. The molecule has 0 fully saturated rings. The molecule has 1 rings (SSSR count). The fraction of sp³-hybridized carbons (Fsp3) is 0.385. The largest absolute Gasteiger partial charge is 0.389 e. The van der Waals surface area contributed by atoms with E-state index in [2.05, 4.69) is 22.9 Å². The summed E-state index contributed by atoms with van der Waals surface area (Å²) < 4.78 is 32.2. The maximum Gasteiger partial charge on any atom is 0.221 e. The number of anilines is 1. The van der Waals surface area contributed by atoms with Crippen LogP contribution in [0, 0.1) is 11.6 Å². The number of hydrogen-bond acceptors (Lipinski definition) is 4. The van der Waals surface area contributed by atoms with Crippen LogP contribution in [0.25, 0.3) is 0 Å². The van der Waals surface area contributed by atoms with Gasteiger partial charge in [0.2, 0.25) is 5.91 Å². The predicted octanol–water partition coefficient (Wildman–Crippen LogP) is 1.16. The molecule has 0 atom stereocenters. The molecule has 1 aromatic carbocycles. The average Bonchev–Trinajstić information content (AvgIpc) is 2.41. The molecule has 0 bridgehead atoms. The molecule has 116 valence electrons. The topological polar surface area (TPSA) is 76.4 Å². The highest BCUT2D eigenvalue weighted by Crippen LogP contribution is 2.20. The second-order valence-corrected chi connectivity index (χ2v) is 4.64. The van der Waals surface area contributed by atoms with Crippen molar-refractivity contribution in [2.45, 2.75) is 6.42 Å². The van der Waals surface area contributed by atoms with Gasteiger partial charge in [0.1, 0.15) is 22.3 Å². The Morgan fingerprint density at radius 2 is 1.95 bits per heavy atom. The number of carbonyl (C=O) groups excluding carboxylic acids is 1. The number of amides is 1. The molecule has 0 heterocycles. The highest BCUT2D eigenvalue weighted by Gasteiger charge is 2.12. The van der Waals surface area contributed by atoms with E-state index < -0.39 is 11.6 Å². The van der Waals surface area contributed by atoms with E-state index in [4.69, 9.17) is 10.5 Å². The Labute approximate surface area is 126 Å². The maximum atomic E-state index is 13.7. The molecule has 8 heteroatoms. The minimum atomic E-state index is -0.808. The van der Waals surface area contributed by atoms with Crippen LogP contribution in [0.15, 0.2) is 12.1 Å². The minimum absolute atomic E-state index is 0.0830. The standard InChI is InChI=1S/C13H17F2N3O2S/c1-20-5-4-17-11(19)2-3-18-12-9(14)6-8(13(16)21)7-10(12)15/h6-7,18H,2-5H2,1H3,(H2,16,21)(H,17,19). The highest BCUT2D eigenvalue weighted by atomic mass is 32.1. The minimum Gasteiger partial charge on any atom is -0.389 e. The maximum absolute atomic E-state index is 13.7. The van der Waals surface area contributed by atoms with Crippen LogP contribution in [0.2, 0.25) is 0 Å². The first-order chi connectivity index (χ1) is 9.95. The lowest BCUT2D eigenvalue weighted by Gasteiger charge is -2.10. The Morgan fingerprint density at radius 3 is 2.48 bits per heavy atom. The number of ether oxygens (including phenoxy) is 1.